The predicted octanol–water partition coefficient (Wildman–Crippen LogP) is 5.67. The topological polar surface area (TPSA) is 112 Å². The number of amides is 2. The van der Waals surface area contributed by atoms with Gasteiger partial charge in [0.05, 0.1) is 20.3 Å². The van der Waals surface area contributed by atoms with Crippen LogP contribution in [0.15, 0.2) is 48.5 Å². The summed E-state index contributed by atoms with van der Waals surface area (Å²) in [6.07, 6.45) is 8.26. The fraction of sp³-hybridized carbons (Fsp3) is 0.517. The Balaban J connectivity index is 1.12. The van der Waals surface area contributed by atoms with Crippen molar-refractivity contribution >= 4 is 12.2 Å². The van der Waals surface area contributed by atoms with Crippen molar-refractivity contribution in [2.24, 2.45) is 17.7 Å². The zero-order valence-corrected chi connectivity index (χ0v) is 22.3. The molecule has 3 N–H and O–H groups in total. The largest absolute Gasteiger partial charge is 0.497 e. The van der Waals surface area contributed by atoms with E-state index in [0.717, 1.165) is 57.1 Å². The molecule has 2 fully saturated rings. The number of nitrogens with one attached hydrogen (secondary N) is 1. The normalized spacial score (nSPS) is 23.1. The first-order chi connectivity index (χ1) is 18.4. The van der Waals surface area contributed by atoms with Crippen molar-refractivity contribution in [3.8, 4) is 23.0 Å². The van der Waals surface area contributed by atoms with E-state index in [-0.39, 0.29) is 12.1 Å². The van der Waals surface area contributed by atoms with Crippen LogP contribution in [-0.2, 0) is 0 Å². The third-order valence-corrected chi connectivity index (χ3v) is 7.79. The quantitative estimate of drug-likeness (QED) is 0.259. The zero-order valence-electron chi connectivity index (χ0n) is 22.3. The fourth-order valence-corrected chi connectivity index (χ4v) is 5.57. The molecule has 0 bridgehead atoms. The highest BCUT2D eigenvalue weighted by molar-refractivity contribution is 5.71. The summed E-state index contributed by atoms with van der Waals surface area (Å²) >= 11 is 0. The minimum Gasteiger partial charge on any atom is -0.497 e. The molecule has 38 heavy (non-hydrogen) atoms. The lowest BCUT2D eigenvalue weighted by atomic mass is 9.75. The number of carbonyl (C=O) groups excluding carboxylic acids is 2. The van der Waals surface area contributed by atoms with Crippen molar-refractivity contribution in [1.29, 1.82) is 0 Å². The van der Waals surface area contributed by atoms with Gasteiger partial charge in [-0.25, -0.2) is 20.4 Å². The van der Waals surface area contributed by atoms with E-state index in [2.05, 4.69) is 5.32 Å². The van der Waals surface area contributed by atoms with Crippen molar-refractivity contribution in [3.05, 3.63) is 48.5 Å². The third kappa shape index (κ3) is 7.77. The van der Waals surface area contributed by atoms with Crippen molar-refractivity contribution in [3.63, 3.8) is 0 Å². The molecule has 9 heteroatoms. The summed E-state index contributed by atoms with van der Waals surface area (Å²) in [4.78, 5) is 24.8. The Morgan fingerprint density at radius 2 is 1.18 bits per heavy atom. The first-order valence-electron chi connectivity index (χ1n) is 13.5. The maximum absolute atomic E-state index is 12.5. The summed E-state index contributed by atoms with van der Waals surface area (Å²) in [5.74, 6) is 9.80. The van der Waals surface area contributed by atoms with E-state index in [9.17, 15) is 9.59 Å². The van der Waals surface area contributed by atoms with E-state index in [1.807, 2.05) is 0 Å². The van der Waals surface area contributed by atoms with E-state index in [0.29, 0.717) is 29.1 Å². The van der Waals surface area contributed by atoms with Gasteiger partial charge in [0.2, 0.25) is 0 Å². The SMILES string of the molecule is COc1ccc(OC(=O)NC2CCC(CC3CCC(N(N)C(=O)Oc4ccc(OC)cc4)CC3)CC2)cc1. The molecule has 0 saturated heterocycles. The maximum atomic E-state index is 12.5. The molecule has 9 nitrogen and oxygen atoms in total. The van der Waals surface area contributed by atoms with Gasteiger partial charge in [-0.2, -0.15) is 0 Å². The lowest BCUT2D eigenvalue weighted by molar-refractivity contribution is 0.104. The van der Waals surface area contributed by atoms with E-state index < -0.39 is 12.2 Å². The standard InChI is InChI=1S/C29H39N3O6/c1-35-24-11-15-26(16-12-24)37-28(33)31-22-7-3-20(4-8-22)19-21-5-9-23(10-6-21)32(30)29(34)38-27-17-13-25(36-2)14-18-27/h11-18,20-23H,3-10,19,30H2,1-2H3,(H,31,33). The van der Waals surface area contributed by atoms with Crippen LogP contribution >= 0.6 is 0 Å². The molecular formula is C29H39N3O6. The van der Waals surface area contributed by atoms with Crippen molar-refractivity contribution in [2.45, 2.75) is 69.9 Å². The van der Waals surface area contributed by atoms with Crippen LogP contribution in [0.4, 0.5) is 9.59 Å². The number of carbonyl (C=O) groups is 2. The average Bonchev–Trinajstić information content (AvgIpc) is 2.95. The van der Waals surface area contributed by atoms with Crippen LogP contribution in [-0.4, -0.2) is 43.5 Å². The van der Waals surface area contributed by atoms with Crippen LogP contribution in [0.3, 0.4) is 0 Å². The third-order valence-electron chi connectivity index (χ3n) is 7.79. The van der Waals surface area contributed by atoms with Gasteiger partial charge >= 0.3 is 12.2 Å². The Labute approximate surface area is 224 Å². The van der Waals surface area contributed by atoms with Gasteiger partial charge in [-0.15, -0.1) is 0 Å². The molecule has 0 aliphatic heterocycles. The number of hydrogen-bond donors (Lipinski definition) is 2. The number of nitrogens with zero attached hydrogens (tertiary/aromatic N) is 1. The van der Waals surface area contributed by atoms with E-state index >= 15 is 0 Å². The summed E-state index contributed by atoms with van der Waals surface area (Å²) in [5.41, 5.74) is 0. The number of hydrazine groups is 1. The van der Waals surface area contributed by atoms with Gasteiger partial charge < -0.3 is 24.3 Å². The van der Waals surface area contributed by atoms with Gasteiger partial charge in [0.25, 0.3) is 0 Å². The first-order valence-corrected chi connectivity index (χ1v) is 13.5. The minimum absolute atomic E-state index is 0.00588. The second-order valence-corrected chi connectivity index (χ2v) is 10.3. The Morgan fingerprint density at radius 3 is 1.68 bits per heavy atom. The van der Waals surface area contributed by atoms with Gasteiger partial charge in [-0.3, -0.25) is 0 Å². The average molecular weight is 526 g/mol. The van der Waals surface area contributed by atoms with Gasteiger partial charge in [-0.1, -0.05) is 0 Å². The zero-order chi connectivity index (χ0) is 26.9. The first kappa shape index (κ1) is 27.6. The molecule has 0 unspecified atom stereocenters. The molecule has 0 radical (unpaired) electrons. The molecule has 0 atom stereocenters. The Kier molecular flexibility index (Phi) is 9.70. The number of nitrogens with two attached hydrogens (primary N) is 1. The van der Waals surface area contributed by atoms with Crippen LogP contribution in [0.5, 0.6) is 23.0 Å². The van der Waals surface area contributed by atoms with Gasteiger partial charge in [0, 0.05) is 6.04 Å². The molecule has 2 aliphatic carbocycles. The summed E-state index contributed by atoms with van der Waals surface area (Å²) in [6, 6.07) is 14.0. The molecule has 2 aromatic carbocycles. The van der Waals surface area contributed by atoms with Gasteiger partial charge in [0.15, 0.2) is 0 Å². The number of hydrogen-bond acceptors (Lipinski definition) is 7. The van der Waals surface area contributed by atoms with Crippen LogP contribution in [0, 0.1) is 11.8 Å². The second kappa shape index (κ2) is 13.4. The predicted molar refractivity (Wildman–Crippen MR) is 143 cm³/mol. The monoisotopic (exact) mass is 525 g/mol. The lowest BCUT2D eigenvalue weighted by Gasteiger charge is -2.36. The summed E-state index contributed by atoms with van der Waals surface area (Å²) in [5, 5.41) is 4.26. The Morgan fingerprint density at radius 1 is 0.737 bits per heavy atom. The van der Waals surface area contributed by atoms with Crippen molar-refractivity contribution in [1.82, 2.24) is 10.3 Å². The van der Waals surface area contributed by atoms with E-state index in [4.69, 9.17) is 24.8 Å². The molecule has 2 amide bonds. The van der Waals surface area contributed by atoms with Gasteiger partial charge in [0.1, 0.15) is 23.0 Å². The summed E-state index contributed by atoms with van der Waals surface area (Å²) < 4.78 is 21.1. The number of benzene rings is 2. The van der Waals surface area contributed by atoms with Crippen molar-refractivity contribution in [2.75, 3.05) is 14.2 Å². The van der Waals surface area contributed by atoms with Crippen molar-refractivity contribution < 1.29 is 28.5 Å². The Hall–Kier alpha value is -3.46. The summed E-state index contributed by atoms with van der Waals surface area (Å²) in [6.45, 7) is 0. The highest BCUT2D eigenvalue weighted by Gasteiger charge is 2.31. The molecule has 0 aromatic heterocycles. The van der Waals surface area contributed by atoms with Crippen LogP contribution in [0.25, 0.3) is 0 Å². The van der Waals surface area contributed by atoms with Crippen LogP contribution < -0.4 is 30.1 Å². The molecular weight excluding hydrogens is 486 g/mol. The molecule has 2 saturated carbocycles. The minimum atomic E-state index is -0.532. The molecule has 2 aromatic rings. The molecule has 0 spiro atoms. The smallest absolute Gasteiger partial charge is 0.429 e. The van der Waals surface area contributed by atoms with E-state index in [1.54, 1.807) is 62.8 Å². The summed E-state index contributed by atoms with van der Waals surface area (Å²) in [7, 11) is 3.19. The molecule has 206 valence electrons. The van der Waals surface area contributed by atoms with Crippen LogP contribution in [0.2, 0.25) is 0 Å². The van der Waals surface area contributed by atoms with E-state index in [1.165, 1.54) is 11.4 Å². The Bertz CT molecular complexity index is 1030. The lowest BCUT2D eigenvalue weighted by Crippen LogP contribution is -2.48. The highest BCUT2D eigenvalue weighted by Crippen LogP contribution is 2.36. The molecule has 4 rings (SSSR count). The second-order valence-electron chi connectivity index (χ2n) is 10.3. The number of ether oxygens (including phenoxy) is 4. The number of rotatable bonds is 8. The fourth-order valence-electron chi connectivity index (χ4n) is 5.57. The highest BCUT2D eigenvalue weighted by atomic mass is 16.6. The maximum Gasteiger partial charge on any atom is 0.429 e. The number of methoxy groups -OCH3 is 2. The van der Waals surface area contributed by atoms with Crippen LogP contribution in [0.1, 0.15) is 57.8 Å². The van der Waals surface area contributed by atoms with Gasteiger partial charge in [-0.05, 0) is 118 Å². The molecule has 2 aliphatic rings. The molecule has 0 heterocycles.